The van der Waals surface area contributed by atoms with Gasteiger partial charge in [0.15, 0.2) is 0 Å². The van der Waals surface area contributed by atoms with E-state index >= 15 is 0 Å². The van der Waals surface area contributed by atoms with E-state index < -0.39 is 0 Å². The van der Waals surface area contributed by atoms with Gasteiger partial charge in [0.1, 0.15) is 0 Å². The molecule has 2 aliphatic carbocycles. The Balaban J connectivity index is 1.68. The van der Waals surface area contributed by atoms with Crippen LogP contribution in [0.3, 0.4) is 0 Å². The maximum Gasteiger partial charge on any atom is 0.00793 e. The third kappa shape index (κ3) is 2.48. The summed E-state index contributed by atoms with van der Waals surface area (Å²) in [6, 6.07) is 0.481. The highest BCUT2D eigenvalue weighted by atomic mass is 15.1. The van der Waals surface area contributed by atoms with Crippen LogP contribution < -0.4 is 5.73 Å². The Kier molecular flexibility index (Phi) is 3.13. The quantitative estimate of drug-likeness (QED) is 0.741. The normalized spacial score (nSPS) is 42.0. The summed E-state index contributed by atoms with van der Waals surface area (Å²) in [6.45, 7) is 4.88. The average Bonchev–Trinajstić information content (AvgIpc) is 2.63. The molecule has 2 saturated carbocycles. The van der Waals surface area contributed by atoms with Crippen molar-refractivity contribution in [3.05, 3.63) is 0 Å². The molecule has 2 heteroatoms. The van der Waals surface area contributed by atoms with Crippen molar-refractivity contribution in [3.63, 3.8) is 0 Å². The van der Waals surface area contributed by atoms with Crippen LogP contribution in [-0.2, 0) is 0 Å². The number of rotatable bonds is 4. The van der Waals surface area contributed by atoms with E-state index in [9.17, 15) is 0 Å². The minimum Gasteiger partial charge on any atom is -0.327 e. The van der Waals surface area contributed by atoms with Crippen molar-refractivity contribution in [3.8, 4) is 0 Å². The molecule has 0 heterocycles. The Hall–Kier alpha value is -0.0800. The Morgan fingerprint density at radius 2 is 1.86 bits per heavy atom. The second kappa shape index (κ2) is 4.19. The lowest BCUT2D eigenvalue weighted by Gasteiger charge is -2.23. The standard InChI is InChI=1S/C12H24N2/c1-9-6-11(9)8-14(2)7-10-4-3-5-12(10)13/h9-12H,3-8,13H2,1-2H3. The van der Waals surface area contributed by atoms with Crippen LogP contribution in [-0.4, -0.2) is 31.1 Å². The number of hydrogen-bond donors (Lipinski definition) is 1. The van der Waals surface area contributed by atoms with Gasteiger partial charge in [0.2, 0.25) is 0 Å². The van der Waals surface area contributed by atoms with Crippen LogP contribution in [0, 0.1) is 17.8 Å². The lowest BCUT2D eigenvalue weighted by atomic mass is 10.0. The first-order chi connectivity index (χ1) is 6.66. The molecule has 4 atom stereocenters. The van der Waals surface area contributed by atoms with Crippen molar-refractivity contribution in [1.82, 2.24) is 4.90 Å². The molecule has 0 spiro atoms. The first-order valence-corrected chi connectivity index (χ1v) is 6.11. The van der Waals surface area contributed by atoms with Crippen molar-refractivity contribution >= 4 is 0 Å². The van der Waals surface area contributed by atoms with E-state index in [1.165, 1.54) is 38.8 Å². The van der Waals surface area contributed by atoms with Crippen molar-refractivity contribution in [2.45, 2.75) is 38.6 Å². The molecule has 0 amide bonds. The first-order valence-electron chi connectivity index (χ1n) is 6.11. The molecule has 82 valence electrons. The van der Waals surface area contributed by atoms with Crippen molar-refractivity contribution < 1.29 is 0 Å². The van der Waals surface area contributed by atoms with E-state index in [1.807, 2.05) is 0 Å². The summed E-state index contributed by atoms with van der Waals surface area (Å²) >= 11 is 0. The van der Waals surface area contributed by atoms with Gasteiger partial charge in [-0.1, -0.05) is 13.3 Å². The van der Waals surface area contributed by atoms with E-state index in [0.717, 1.165) is 17.8 Å². The summed E-state index contributed by atoms with van der Waals surface area (Å²) in [5.74, 6) is 2.74. The monoisotopic (exact) mass is 196 g/mol. The maximum absolute atomic E-state index is 6.07. The fraction of sp³-hybridized carbons (Fsp3) is 1.00. The fourth-order valence-electron chi connectivity index (χ4n) is 2.82. The minimum atomic E-state index is 0.481. The van der Waals surface area contributed by atoms with Crippen molar-refractivity contribution in [2.75, 3.05) is 20.1 Å². The maximum atomic E-state index is 6.07. The molecule has 2 N–H and O–H groups in total. The highest BCUT2D eigenvalue weighted by Crippen LogP contribution is 2.38. The van der Waals surface area contributed by atoms with Crippen LogP contribution >= 0.6 is 0 Å². The van der Waals surface area contributed by atoms with Gasteiger partial charge in [-0.05, 0) is 44.1 Å². The van der Waals surface area contributed by atoms with E-state index in [-0.39, 0.29) is 0 Å². The topological polar surface area (TPSA) is 29.3 Å². The predicted octanol–water partition coefficient (Wildman–Crippen LogP) is 1.70. The van der Waals surface area contributed by atoms with Gasteiger partial charge >= 0.3 is 0 Å². The molecule has 0 aliphatic heterocycles. The van der Waals surface area contributed by atoms with Crippen LogP contribution in [0.1, 0.15) is 32.6 Å². The van der Waals surface area contributed by atoms with Crippen LogP contribution in [0.25, 0.3) is 0 Å². The Bertz CT molecular complexity index is 193. The predicted molar refractivity (Wildman–Crippen MR) is 60.1 cm³/mol. The zero-order valence-corrected chi connectivity index (χ0v) is 9.58. The van der Waals surface area contributed by atoms with E-state index in [2.05, 4.69) is 18.9 Å². The third-order valence-electron chi connectivity index (χ3n) is 4.09. The number of hydrogen-bond acceptors (Lipinski definition) is 2. The zero-order chi connectivity index (χ0) is 10.1. The highest BCUT2D eigenvalue weighted by Gasteiger charge is 2.34. The summed E-state index contributed by atoms with van der Waals surface area (Å²) in [5.41, 5.74) is 6.07. The van der Waals surface area contributed by atoms with Gasteiger partial charge in [-0.25, -0.2) is 0 Å². The Morgan fingerprint density at radius 1 is 1.21 bits per heavy atom. The summed E-state index contributed by atoms with van der Waals surface area (Å²) in [5, 5.41) is 0. The smallest absolute Gasteiger partial charge is 0.00793 e. The molecule has 0 aromatic rings. The van der Waals surface area contributed by atoms with Gasteiger partial charge in [0.05, 0.1) is 0 Å². The summed E-state index contributed by atoms with van der Waals surface area (Å²) < 4.78 is 0. The molecule has 2 aliphatic rings. The van der Waals surface area contributed by atoms with Gasteiger partial charge in [0.25, 0.3) is 0 Å². The second-order valence-electron chi connectivity index (χ2n) is 5.55. The van der Waals surface area contributed by atoms with Crippen LogP contribution in [0.5, 0.6) is 0 Å². The van der Waals surface area contributed by atoms with Crippen molar-refractivity contribution in [2.24, 2.45) is 23.5 Å². The molecule has 0 saturated heterocycles. The molecular formula is C12H24N2. The van der Waals surface area contributed by atoms with Gasteiger partial charge < -0.3 is 10.6 Å². The van der Waals surface area contributed by atoms with Crippen LogP contribution in [0.15, 0.2) is 0 Å². The number of nitrogens with two attached hydrogens (primary N) is 1. The van der Waals surface area contributed by atoms with E-state index in [1.54, 1.807) is 0 Å². The first kappa shape index (κ1) is 10.4. The second-order valence-corrected chi connectivity index (χ2v) is 5.55. The largest absolute Gasteiger partial charge is 0.327 e. The molecule has 0 bridgehead atoms. The molecule has 0 radical (unpaired) electrons. The SMILES string of the molecule is CC1CC1CN(C)CC1CCCC1N. The number of nitrogens with zero attached hydrogens (tertiary/aromatic N) is 1. The summed E-state index contributed by atoms with van der Waals surface area (Å²) in [6.07, 6.45) is 5.39. The average molecular weight is 196 g/mol. The minimum absolute atomic E-state index is 0.481. The molecule has 2 fully saturated rings. The highest BCUT2D eigenvalue weighted by molar-refractivity contribution is 4.87. The van der Waals surface area contributed by atoms with Gasteiger partial charge in [-0.15, -0.1) is 0 Å². The molecule has 2 nitrogen and oxygen atoms in total. The molecule has 4 unspecified atom stereocenters. The van der Waals surface area contributed by atoms with Gasteiger partial charge in [-0.3, -0.25) is 0 Å². The van der Waals surface area contributed by atoms with E-state index in [0.29, 0.717) is 6.04 Å². The molecule has 0 aromatic heterocycles. The van der Waals surface area contributed by atoms with Gasteiger partial charge in [-0.2, -0.15) is 0 Å². The lowest BCUT2D eigenvalue weighted by molar-refractivity contribution is 0.254. The zero-order valence-electron chi connectivity index (χ0n) is 9.58. The summed E-state index contributed by atoms with van der Waals surface area (Å²) in [7, 11) is 2.26. The van der Waals surface area contributed by atoms with Crippen LogP contribution in [0.4, 0.5) is 0 Å². The fourth-order valence-corrected chi connectivity index (χ4v) is 2.82. The molecular weight excluding hydrogens is 172 g/mol. The van der Waals surface area contributed by atoms with Crippen LogP contribution in [0.2, 0.25) is 0 Å². The molecule has 2 rings (SSSR count). The Labute approximate surface area is 87.8 Å². The third-order valence-corrected chi connectivity index (χ3v) is 4.09. The van der Waals surface area contributed by atoms with E-state index in [4.69, 9.17) is 5.73 Å². The summed E-state index contributed by atoms with van der Waals surface area (Å²) in [4.78, 5) is 2.50. The molecule has 14 heavy (non-hydrogen) atoms. The Morgan fingerprint density at radius 3 is 2.36 bits per heavy atom. The van der Waals surface area contributed by atoms with Gasteiger partial charge in [0, 0.05) is 19.1 Å². The van der Waals surface area contributed by atoms with Crippen molar-refractivity contribution in [1.29, 1.82) is 0 Å². The lowest BCUT2D eigenvalue weighted by Crippen LogP contribution is -2.35. The molecule has 0 aromatic carbocycles.